The number of aliphatic hydroxyl groups is 1. The summed E-state index contributed by atoms with van der Waals surface area (Å²) in [6.45, 7) is 12.9. The monoisotopic (exact) mass is 720 g/mol. The number of amides is 1. The summed E-state index contributed by atoms with van der Waals surface area (Å²) in [4.78, 5) is 16.8. The highest BCUT2D eigenvalue weighted by atomic mass is 32.1. The third-order valence-electron chi connectivity index (χ3n) is 12.3. The van der Waals surface area contributed by atoms with Gasteiger partial charge in [-0.05, 0) is 129 Å². The lowest BCUT2D eigenvalue weighted by Crippen LogP contribution is -2.45. The van der Waals surface area contributed by atoms with Crippen LogP contribution in [-0.2, 0) is 6.42 Å². The van der Waals surface area contributed by atoms with E-state index in [1.54, 1.807) is 0 Å². The number of ether oxygens (including phenoxy) is 1. The molecule has 0 aromatic heterocycles. The van der Waals surface area contributed by atoms with Crippen molar-refractivity contribution in [3.8, 4) is 5.75 Å². The number of alkyl halides is 5. The molecule has 1 saturated heterocycles. The van der Waals surface area contributed by atoms with E-state index in [4.69, 9.17) is 4.74 Å². The maximum Gasteiger partial charge on any atom is 0.453 e. The molecule has 0 spiro atoms. The molecule has 2 saturated carbocycles. The van der Waals surface area contributed by atoms with E-state index in [9.17, 15) is 31.9 Å². The van der Waals surface area contributed by atoms with Gasteiger partial charge in [-0.25, -0.2) is 4.79 Å². The predicted molar refractivity (Wildman–Crippen MR) is 190 cm³/mol. The number of benzene rings is 1. The van der Waals surface area contributed by atoms with E-state index in [0.717, 1.165) is 45.2 Å². The van der Waals surface area contributed by atoms with Crippen molar-refractivity contribution in [1.82, 2.24) is 9.80 Å². The molecule has 282 valence electrons. The number of likely N-dealkylation sites (tertiary alicyclic amines) is 1. The van der Waals surface area contributed by atoms with Crippen LogP contribution >= 0.6 is 12.6 Å². The Morgan fingerprint density at radius 2 is 1.65 bits per heavy atom. The second-order valence-corrected chi connectivity index (χ2v) is 16.3. The van der Waals surface area contributed by atoms with Crippen molar-refractivity contribution in [3.63, 3.8) is 0 Å². The Kier molecular flexibility index (Phi) is 14.8. The first-order valence-corrected chi connectivity index (χ1v) is 18.9. The molecule has 1 aromatic carbocycles. The number of fused-ring (bicyclic) bond motifs is 5. The van der Waals surface area contributed by atoms with Crippen molar-refractivity contribution in [2.24, 2.45) is 22.7 Å². The summed E-state index contributed by atoms with van der Waals surface area (Å²) in [6, 6.07) is 6.90. The number of rotatable bonds is 7. The third kappa shape index (κ3) is 10.5. The van der Waals surface area contributed by atoms with Gasteiger partial charge in [0.2, 0.25) is 0 Å². The number of carbonyl (C=O) groups is 1. The van der Waals surface area contributed by atoms with Crippen LogP contribution < -0.4 is 4.74 Å². The molecule has 5 unspecified atom stereocenters. The Morgan fingerprint density at radius 1 is 1.02 bits per heavy atom. The number of aryl methyl sites for hydroxylation is 1. The molecule has 5 rings (SSSR count). The Morgan fingerprint density at radius 3 is 2.18 bits per heavy atom. The summed E-state index contributed by atoms with van der Waals surface area (Å²) < 4.78 is 63.9. The average molecular weight is 721 g/mol. The van der Waals surface area contributed by atoms with Crippen molar-refractivity contribution in [2.75, 3.05) is 32.9 Å². The van der Waals surface area contributed by atoms with Crippen LogP contribution in [0.5, 0.6) is 5.75 Å². The maximum absolute atomic E-state index is 12.7. The molecule has 3 fully saturated rings. The molecule has 1 amide bonds. The Bertz CT molecular complexity index is 1200. The lowest BCUT2D eigenvalue weighted by molar-refractivity contribution is -0.284. The van der Waals surface area contributed by atoms with Gasteiger partial charge in [0.15, 0.2) is 0 Å². The first-order chi connectivity index (χ1) is 22.8. The zero-order valence-electron chi connectivity index (χ0n) is 30.7. The summed E-state index contributed by atoms with van der Waals surface area (Å²) in [7, 11) is 4.22. The van der Waals surface area contributed by atoms with Crippen molar-refractivity contribution >= 4 is 18.7 Å². The van der Waals surface area contributed by atoms with Gasteiger partial charge in [0, 0.05) is 25.6 Å². The van der Waals surface area contributed by atoms with E-state index < -0.39 is 18.5 Å². The number of piperidine rings is 1. The topological polar surface area (TPSA) is 53.0 Å². The minimum Gasteiger partial charge on any atom is -0.410 e. The first kappa shape index (κ1) is 41.8. The standard InChI is InChI=1S/C26H38N2O3.C7H16.C5H7F5S/c1-26-13-10-21-20-7-5-19(31-25(30)28-14-11-18(12-15-28)27(2)3)16-17(20)4-6-22(21)23(26)8-9-24(26)29;1-5-7(3,4)6-2;6-4(7,2-1-3-11)5(8,9)10/h5,7,16,18,21-24,29H,4,6,8-15H2,1-3H3;5-6H2,1-4H3;11H,1-3H2. The number of thiol groups is 1. The summed E-state index contributed by atoms with van der Waals surface area (Å²) in [5.41, 5.74) is 3.53. The second kappa shape index (κ2) is 17.3. The average Bonchev–Trinajstić information content (AvgIpc) is 3.37. The Labute approximate surface area is 297 Å². The predicted octanol–water partition coefficient (Wildman–Crippen LogP) is 10.2. The number of nitrogens with zero attached hydrogens (tertiary/aromatic N) is 2. The summed E-state index contributed by atoms with van der Waals surface area (Å²) in [6.07, 6.45) is 4.11. The zero-order valence-corrected chi connectivity index (χ0v) is 31.6. The molecule has 11 heteroatoms. The molecular formula is C38H61F5N2O3S. The number of hydrogen-bond donors (Lipinski definition) is 2. The number of carbonyl (C=O) groups excluding carboxylic acids is 1. The highest BCUT2D eigenvalue weighted by Gasteiger charge is 2.56. The molecule has 5 nitrogen and oxygen atoms in total. The van der Waals surface area contributed by atoms with E-state index in [0.29, 0.717) is 35.0 Å². The van der Waals surface area contributed by atoms with Crippen LogP contribution in [0, 0.1) is 22.7 Å². The fraction of sp³-hybridized carbons (Fsp3) is 0.816. The van der Waals surface area contributed by atoms with Gasteiger partial charge >= 0.3 is 18.2 Å². The van der Waals surface area contributed by atoms with Gasteiger partial charge in [0.05, 0.1) is 6.10 Å². The van der Waals surface area contributed by atoms with Gasteiger partial charge in [-0.1, -0.05) is 53.5 Å². The molecule has 3 aliphatic carbocycles. The lowest BCUT2D eigenvalue weighted by Gasteiger charge is -2.50. The van der Waals surface area contributed by atoms with E-state index in [1.807, 2.05) is 11.0 Å². The van der Waals surface area contributed by atoms with Crippen LogP contribution in [0.15, 0.2) is 18.2 Å². The second-order valence-electron chi connectivity index (χ2n) is 15.9. The molecular weight excluding hydrogens is 659 g/mol. The summed E-state index contributed by atoms with van der Waals surface area (Å²) in [5.74, 6) is -1.90. The minimum absolute atomic E-state index is 0.0334. The molecule has 1 aromatic rings. The molecule has 4 aliphatic rings. The normalized spacial score (nSPS) is 27.2. The molecule has 0 radical (unpaired) electrons. The SMILES string of the molecule is CCC(C)(C)CC.CN(C)C1CCN(C(=O)Oc2ccc3c(c2)CCC2C3CCC3(C)C(O)CCC23)CC1.FC(F)(F)C(F)(F)CCCS. The number of hydrogen-bond acceptors (Lipinski definition) is 5. The van der Waals surface area contributed by atoms with Crippen LogP contribution in [0.25, 0.3) is 0 Å². The maximum atomic E-state index is 12.7. The van der Waals surface area contributed by atoms with Gasteiger partial charge in [-0.2, -0.15) is 34.6 Å². The van der Waals surface area contributed by atoms with E-state index in [-0.39, 0.29) is 29.8 Å². The van der Waals surface area contributed by atoms with Gasteiger partial charge < -0.3 is 19.6 Å². The van der Waals surface area contributed by atoms with Gasteiger partial charge in [0.25, 0.3) is 0 Å². The smallest absolute Gasteiger partial charge is 0.410 e. The van der Waals surface area contributed by atoms with Crippen molar-refractivity contribution < 1.29 is 36.6 Å². The minimum atomic E-state index is -5.42. The molecule has 1 aliphatic heterocycles. The van der Waals surface area contributed by atoms with Crippen LogP contribution in [0.3, 0.4) is 0 Å². The zero-order chi connectivity index (χ0) is 36.8. The van der Waals surface area contributed by atoms with Gasteiger partial charge in [-0.15, -0.1) is 0 Å². The highest BCUT2D eigenvalue weighted by Crippen LogP contribution is 2.61. The van der Waals surface area contributed by atoms with Crippen LogP contribution in [0.4, 0.5) is 26.7 Å². The number of halogens is 5. The fourth-order valence-electron chi connectivity index (χ4n) is 8.02. The van der Waals surface area contributed by atoms with E-state index in [2.05, 4.69) is 78.4 Å². The Balaban J connectivity index is 0.000000300. The van der Waals surface area contributed by atoms with Crippen LogP contribution in [0.2, 0.25) is 0 Å². The largest absolute Gasteiger partial charge is 0.453 e. The van der Waals surface area contributed by atoms with Crippen molar-refractivity contribution in [2.45, 2.75) is 142 Å². The molecule has 1 N–H and O–H groups in total. The van der Waals surface area contributed by atoms with Crippen molar-refractivity contribution in [1.29, 1.82) is 0 Å². The summed E-state index contributed by atoms with van der Waals surface area (Å²) >= 11 is 3.53. The third-order valence-corrected chi connectivity index (χ3v) is 12.6. The molecule has 1 heterocycles. The van der Waals surface area contributed by atoms with E-state index >= 15 is 0 Å². The molecule has 49 heavy (non-hydrogen) atoms. The van der Waals surface area contributed by atoms with E-state index in [1.165, 1.54) is 43.2 Å². The number of aliphatic hydroxyl groups excluding tert-OH is 1. The Hall–Kier alpha value is -1.59. The van der Waals surface area contributed by atoms with Crippen LogP contribution in [-0.4, -0.2) is 78.2 Å². The van der Waals surface area contributed by atoms with Gasteiger partial charge in [0.1, 0.15) is 5.75 Å². The molecule has 5 atom stereocenters. The first-order valence-electron chi connectivity index (χ1n) is 18.3. The van der Waals surface area contributed by atoms with Gasteiger partial charge in [-0.3, -0.25) is 0 Å². The summed E-state index contributed by atoms with van der Waals surface area (Å²) in [5, 5.41) is 10.6. The molecule has 0 bridgehead atoms. The van der Waals surface area contributed by atoms with Crippen molar-refractivity contribution in [3.05, 3.63) is 29.3 Å². The highest BCUT2D eigenvalue weighted by molar-refractivity contribution is 7.80. The lowest BCUT2D eigenvalue weighted by atomic mass is 9.55. The fourth-order valence-corrected chi connectivity index (χ4v) is 8.18. The quantitative estimate of drug-likeness (QED) is 0.218. The van der Waals surface area contributed by atoms with Crippen LogP contribution in [0.1, 0.15) is 122 Å².